The summed E-state index contributed by atoms with van der Waals surface area (Å²) in [7, 11) is 0. The van der Waals surface area contributed by atoms with Crippen molar-refractivity contribution in [3.8, 4) is 0 Å². The summed E-state index contributed by atoms with van der Waals surface area (Å²) in [5.41, 5.74) is 2.33. The molecule has 0 unspecified atom stereocenters. The first kappa shape index (κ1) is 13.8. The number of carboxylic acids is 1. The van der Waals surface area contributed by atoms with Gasteiger partial charge in [0.25, 0.3) is 0 Å². The monoisotopic (exact) mass is 323 g/mol. The lowest BCUT2D eigenvalue weighted by Crippen LogP contribution is -2.40. The van der Waals surface area contributed by atoms with Crippen LogP contribution in [0.25, 0.3) is 4.48 Å². The van der Waals surface area contributed by atoms with Gasteiger partial charge in [-0.1, -0.05) is 51.8 Å². The molecule has 19 heavy (non-hydrogen) atoms. The molecule has 1 heterocycles. The summed E-state index contributed by atoms with van der Waals surface area (Å²) >= 11 is 3.59. The van der Waals surface area contributed by atoms with Crippen LogP contribution in [0.4, 0.5) is 0 Å². The summed E-state index contributed by atoms with van der Waals surface area (Å²) in [6.45, 7) is 0.921. The summed E-state index contributed by atoms with van der Waals surface area (Å²) < 4.78 is 1.05. The predicted molar refractivity (Wildman–Crippen MR) is 75.7 cm³/mol. The predicted octanol–water partition coefficient (Wildman–Crippen LogP) is 2.50. The number of hydrogen-bond donors (Lipinski definition) is 1. The lowest BCUT2D eigenvalue weighted by atomic mass is 10.0. The number of carbonyl (C=O) groups is 2. The van der Waals surface area contributed by atoms with E-state index in [1.807, 2.05) is 30.3 Å². The van der Waals surface area contributed by atoms with Gasteiger partial charge in [0.15, 0.2) is 0 Å². The number of benzene rings is 1. The topological polar surface area (TPSA) is 57.6 Å². The zero-order valence-corrected chi connectivity index (χ0v) is 11.9. The Morgan fingerprint density at radius 2 is 1.68 bits per heavy atom. The van der Waals surface area contributed by atoms with Crippen LogP contribution >= 0.6 is 15.9 Å². The molecule has 2 rings (SSSR count). The molecule has 0 radical (unpaired) electrons. The molecule has 1 fully saturated rings. The van der Waals surface area contributed by atoms with Crippen LogP contribution in [0.2, 0.25) is 0 Å². The van der Waals surface area contributed by atoms with Gasteiger partial charge in [0.05, 0.1) is 0 Å². The molecule has 1 aliphatic heterocycles. The third kappa shape index (κ3) is 3.23. The molecule has 0 bridgehead atoms. The highest BCUT2D eigenvalue weighted by molar-refractivity contribution is 9.15. The number of halogens is 1. The Kier molecular flexibility index (Phi) is 4.37. The van der Waals surface area contributed by atoms with Gasteiger partial charge in [-0.25, -0.2) is 4.79 Å². The maximum absolute atomic E-state index is 11.3. The minimum atomic E-state index is -1.38. The highest BCUT2D eigenvalue weighted by Crippen LogP contribution is 2.31. The molecule has 0 aliphatic carbocycles. The van der Waals surface area contributed by atoms with Gasteiger partial charge in [-0.15, -0.1) is 0 Å². The number of hydrogen-bond acceptors (Lipinski definition) is 2. The normalized spacial score (nSPS) is 15.2. The highest BCUT2D eigenvalue weighted by atomic mass is 79.9. The Labute approximate surface area is 119 Å². The number of nitrogens with zero attached hydrogens (tertiary/aromatic N) is 1. The van der Waals surface area contributed by atoms with E-state index in [1.54, 1.807) is 0 Å². The molecular formula is C14H14BrNO3. The van der Waals surface area contributed by atoms with Crippen molar-refractivity contribution in [2.45, 2.75) is 12.8 Å². The van der Waals surface area contributed by atoms with Crippen molar-refractivity contribution >= 4 is 32.3 Å². The van der Waals surface area contributed by atoms with Crippen LogP contribution in [0.1, 0.15) is 18.4 Å². The van der Waals surface area contributed by atoms with E-state index >= 15 is 0 Å². The highest BCUT2D eigenvalue weighted by Gasteiger charge is 2.25. The van der Waals surface area contributed by atoms with Crippen LogP contribution in [0, 0.1) is 0 Å². The van der Waals surface area contributed by atoms with Gasteiger partial charge in [-0.2, -0.15) is 0 Å². The SMILES string of the molecule is O=C(O)C(=O)N1CCC(=C(Br)c2ccccc2)CC1. The summed E-state index contributed by atoms with van der Waals surface area (Å²) in [5, 5.41) is 8.67. The molecule has 0 aromatic heterocycles. The second-order valence-corrected chi connectivity index (χ2v) is 5.17. The first-order valence-electron chi connectivity index (χ1n) is 6.04. The minimum Gasteiger partial charge on any atom is -0.474 e. The molecule has 1 amide bonds. The van der Waals surface area contributed by atoms with Crippen LogP contribution < -0.4 is 0 Å². The number of carbonyl (C=O) groups excluding carboxylic acids is 1. The third-order valence-corrected chi connectivity index (χ3v) is 4.19. The fourth-order valence-corrected chi connectivity index (χ4v) is 2.78. The summed E-state index contributed by atoms with van der Waals surface area (Å²) in [6, 6.07) is 9.95. The number of aliphatic carboxylic acids is 1. The van der Waals surface area contributed by atoms with Crippen LogP contribution in [0.3, 0.4) is 0 Å². The van der Waals surface area contributed by atoms with Crippen LogP contribution in [0.15, 0.2) is 35.9 Å². The Morgan fingerprint density at radius 3 is 2.21 bits per heavy atom. The first-order chi connectivity index (χ1) is 9.09. The zero-order valence-electron chi connectivity index (χ0n) is 10.3. The van der Waals surface area contributed by atoms with E-state index in [-0.39, 0.29) is 0 Å². The van der Waals surface area contributed by atoms with Crippen LogP contribution in [-0.2, 0) is 9.59 Å². The average molecular weight is 324 g/mol. The molecule has 4 nitrogen and oxygen atoms in total. The lowest BCUT2D eigenvalue weighted by molar-refractivity contribution is -0.156. The van der Waals surface area contributed by atoms with Gasteiger partial charge in [0.2, 0.25) is 0 Å². The molecule has 0 atom stereocenters. The molecule has 100 valence electrons. The van der Waals surface area contributed by atoms with E-state index in [9.17, 15) is 9.59 Å². The second-order valence-electron chi connectivity index (χ2n) is 4.38. The van der Waals surface area contributed by atoms with E-state index in [2.05, 4.69) is 15.9 Å². The smallest absolute Gasteiger partial charge is 0.394 e. The number of likely N-dealkylation sites (tertiary alicyclic amines) is 1. The van der Waals surface area contributed by atoms with Crippen molar-refractivity contribution in [2.75, 3.05) is 13.1 Å². The molecule has 1 aliphatic rings. The first-order valence-corrected chi connectivity index (χ1v) is 6.84. The van der Waals surface area contributed by atoms with Gasteiger partial charge < -0.3 is 10.0 Å². The maximum Gasteiger partial charge on any atom is 0.394 e. The van der Waals surface area contributed by atoms with E-state index < -0.39 is 11.9 Å². The Hall–Kier alpha value is -1.62. The van der Waals surface area contributed by atoms with Gasteiger partial charge in [-0.3, -0.25) is 4.79 Å². The van der Waals surface area contributed by atoms with Crippen molar-refractivity contribution in [1.82, 2.24) is 4.90 Å². The van der Waals surface area contributed by atoms with Crippen molar-refractivity contribution in [3.63, 3.8) is 0 Å². The van der Waals surface area contributed by atoms with Crippen molar-refractivity contribution in [2.24, 2.45) is 0 Å². The largest absolute Gasteiger partial charge is 0.474 e. The Balaban J connectivity index is 2.07. The molecule has 1 N–H and O–H groups in total. The van der Waals surface area contributed by atoms with Crippen molar-refractivity contribution in [3.05, 3.63) is 41.5 Å². The lowest BCUT2D eigenvalue weighted by Gasteiger charge is -2.27. The number of piperidine rings is 1. The fraction of sp³-hybridized carbons (Fsp3) is 0.286. The summed E-state index contributed by atoms with van der Waals surface area (Å²) in [6.07, 6.45) is 1.41. The van der Waals surface area contributed by atoms with Crippen molar-refractivity contribution < 1.29 is 14.7 Å². The van der Waals surface area contributed by atoms with Gasteiger partial charge >= 0.3 is 11.9 Å². The Bertz CT molecular complexity index is 515. The summed E-state index contributed by atoms with van der Waals surface area (Å²) in [5.74, 6) is -2.19. The Morgan fingerprint density at radius 1 is 1.11 bits per heavy atom. The fourth-order valence-electron chi connectivity index (χ4n) is 2.12. The molecule has 0 saturated carbocycles. The molecule has 1 saturated heterocycles. The molecular weight excluding hydrogens is 310 g/mol. The molecule has 0 spiro atoms. The molecule has 5 heteroatoms. The van der Waals surface area contributed by atoms with Gasteiger partial charge in [-0.05, 0) is 18.4 Å². The average Bonchev–Trinajstić information content (AvgIpc) is 2.46. The summed E-state index contributed by atoms with van der Waals surface area (Å²) in [4.78, 5) is 23.4. The zero-order chi connectivity index (χ0) is 13.8. The van der Waals surface area contributed by atoms with E-state index in [4.69, 9.17) is 5.11 Å². The molecule has 1 aromatic carbocycles. The number of rotatable bonds is 1. The van der Waals surface area contributed by atoms with E-state index in [0.29, 0.717) is 25.9 Å². The number of amides is 1. The van der Waals surface area contributed by atoms with E-state index in [0.717, 1.165) is 10.0 Å². The molecule has 1 aromatic rings. The van der Waals surface area contributed by atoms with Crippen molar-refractivity contribution in [1.29, 1.82) is 0 Å². The second kappa shape index (κ2) is 6.02. The van der Waals surface area contributed by atoms with E-state index in [1.165, 1.54) is 10.5 Å². The maximum atomic E-state index is 11.3. The van der Waals surface area contributed by atoms with Crippen LogP contribution in [-0.4, -0.2) is 35.0 Å². The third-order valence-electron chi connectivity index (χ3n) is 3.17. The standard InChI is InChI=1S/C14H14BrNO3/c15-12(10-4-2-1-3-5-10)11-6-8-16(9-7-11)13(17)14(18)19/h1-5H,6-9H2,(H,18,19). The van der Waals surface area contributed by atoms with Gasteiger partial charge in [0, 0.05) is 17.6 Å². The van der Waals surface area contributed by atoms with Gasteiger partial charge in [0.1, 0.15) is 0 Å². The number of carboxylic acid groups (broad SMARTS) is 1. The quantitative estimate of drug-likeness (QED) is 0.808. The minimum absolute atomic E-state index is 0.461. The van der Waals surface area contributed by atoms with Crippen LogP contribution in [0.5, 0.6) is 0 Å².